The molecule has 0 saturated carbocycles. The van der Waals surface area contributed by atoms with E-state index in [0.29, 0.717) is 31.6 Å². The SMILES string of the molecule is OC1(Cc2cccc(C(F)(F)F)c2)CCOCC1. The fourth-order valence-electron chi connectivity index (χ4n) is 2.17. The van der Waals surface area contributed by atoms with Gasteiger partial charge in [-0.3, -0.25) is 0 Å². The third kappa shape index (κ3) is 3.23. The maximum absolute atomic E-state index is 12.6. The molecule has 1 aliphatic rings. The first-order valence-corrected chi connectivity index (χ1v) is 5.85. The van der Waals surface area contributed by atoms with Crippen molar-refractivity contribution in [2.45, 2.75) is 31.0 Å². The van der Waals surface area contributed by atoms with Crippen molar-refractivity contribution in [1.29, 1.82) is 0 Å². The highest BCUT2D eigenvalue weighted by molar-refractivity contribution is 5.26. The van der Waals surface area contributed by atoms with Crippen LogP contribution >= 0.6 is 0 Å². The number of alkyl halides is 3. The van der Waals surface area contributed by atoms with Gasteiger partial charge in [-0.15, -0.1) is 0 Å². The van der Waals surface area contributed by atoms with Gasteiger partial charge in [0.2, 0.25) is 0 Å². The van der Waals surface area contributed by atoms with Crippen molar-refractivity contribution >= 4 is 0 Å². The molecule has 0 radical (unpaired) electrons. The summed E-state index contributed by atoms with van der Waals surface area (Å²) in [5.41, 5.74) is -1.10. The minimum Gasteiger partial charge on any atom is -0.389 e. The molecule has 0 bridgehead atoms. The molecular formula is C13H15F3O2. The van der Waals surface area contributed by atoms with Crippen LogP contribution in [0.1, 0.15) is 24.0 Å². The lowest BCUT2D eigenvalue weighted by Gasteiger charge is -2.32. The lowest BCUT2D eigenvalue weighted by molar-refractivity contribution is -0.137. The van der Waals surface area contributed by atoms with Gasteiger partial charge in [-0.2, -0.15) is 13.2 Å². The average Bonchev–Trinajstić information content (AvgIpc) is 2.28. The van der Waals surface area contributed by atoms with Crippen molar-refractivity contribution in [2.24, 2.45) is 0 Å². The topological polar surface area (TPSA) is 29.5 Å². The zero-order chi connectivity index (χ0) is 13.2. The van der Waals surface area contributed by atoms with Gasteiger partial charge in [0.25, 0.3) is 0 Å². The fourth-order valence-corrected chi connectivity index (χ4v) is 2.17. The molecule has 1 saturated heterocycles. The summed E-state index contributed by atoms with van der Waals surface area (Å²) in [7, 11) is 0. The summed E-state index contributed by atoms with van der Waals surface area (Å²) in [6.45, 7) is 0.908. The Bertz CT molecular complexity index is 409. The Balaban J connectivity index is 2.14. The lowest BCUT2D eigenvalue weighted by atomic mass is 9.87. The third-order valence-corrected chi connectivity index (χ3v) is 3.21. The molecule has 18 heavy (non-hydrogen) atoms. The highest BCUT2D eigenvalue weighted by atomic mass is 19.4. The standard InChI is InChI=1S/C13H15F3O2/c14-13(15,16)11-3-1-2-10(8-11)9-12(17)4-6-18-7-5-12/h1-3,8,17H,4-7,9H2. The maximum Gasteiger partial charge on any atom is 0.416 e. The molecule has 1 fully saturated rings. The molecule has 100 valence electrons. The molecule has 2 nitrogen and oxygen atoms in total. The number of halogens is 3. The molecule has 0 spiro atoms. The largest absolute Gasteiger partial charge is 0.416 e. The van der Waals surface area contributed by atoms with Crippen LogP contribution in [0.4, 0.5) is 13.2 Å². The van der Waals surface area contributed by atoms with Crippen LogP contribution in [0.25, 0.3) is 0 Å². The van der Waals surface area contributed by atoms with E-state index in [1.165, 1.54) is 6.07 Å². The maximum atomic E-state index is 12.6. The van der Waals surface area contributed by atoms with Crippen molar-refractivity contribution in [3.63, 3.8) is 0 Å². The Morgan fingerprint density at radius 1 is 1.22 bits per heavy atom. The van der Waals surface area contributed by atoms with Crippen LogP contribution in [-0.2, 0) is 17.3 Å². The molecule has 1 heterocycles. The molecule has 0 aliphatic carbocycles. The van der Waals surface area contributed by atoms with Gasteiger partial charge in [0.15, 0.2) is 0 Å². The molecule has 1 aliphatic heterocycles. The normalized spacial score (nSPS) is 19.8. The smallest absolute Gasteiger partial charge is 0.389 e. The zero-order valence-electron chi connectivity index (χ0n) is 9.83. The Morgan fingerprint density at radius 2 is 1.89 bits per heavy atom. The predicted molar refractivity (Wildman–Crippen MR) is 60.2 cm³/mol. The quantitative estimate of drug-likeness (QED) is 0.886. The first-order valence-electron chi connectivity index (χ1n) is 5.85. The molecule has 2 rings (SSSR count). The van der Waals surface area contributed by atoms with Gasteiger partial charge in [0, 0.05) is 19.6 Å². The fraction of sp³-hybridized carbons (Fsp3) is 0.538. The Labute approximate surface area is 103 Å². The molecule has 0 unspecified atom stereocenters. The number of ether oxygens (including phenoxy) is 1. The first-order chi connectivity index (χ1) is 8.39. The highest BCUT2D eigenvalue weighted by Crippen LogP contribution is 2.31. The van der Waals surface area contributed by atoms with Gasteiger partial charge in [-0.05, 0) is 24.5 Å². The molecule has 1 N–H and O–H groups in total. The van der Waals surface area contributed by atoms with Crippen LogP contribution < -0.4 is 0 Å². The molecule has 0 atom stereocenters. The number of benzene rings is 1. The van der Waals surface area contributed by atoms with Crippen LogP contribution in [0.15, 0.2) is 24.3 Å². The summed E-state index contributed by atoms with van der Waals surface area (Å²) in [6.07, 6.45) is -3.18. The number of hydrogen-bond donors (Lipinski definition) is 1. The van der Waals surface area contributed by atoms with E-state index in [2.05, 4.69) is 0 Å². The molecule has 0 aromatic heterocycles. The second-order valence-electron chi connectivity index (χ2n) is 4.71. The number of rotatable bonds is 2. The van der Waals surface area contributed by atoms with Gasteiger partial charge < -0.3 is 9.84 Å². The predicted octanol–water partition coefficient (Wildman–Crippen LogP) is 2.79. The van der Waals surface area contributed by atoms with Crippen molar-refractivity contribution in [2.75, 3.05) is 13.2 Å². The third-order valence-electron chi connectivity index (χ3n) is 3.21. The van der Waals surface area contributed by atoms with Gasteiger partial charge in [0.05, 0.1) is 11.2 Å². The van der Waals surface area contributed by atoms with Gasteiger partial charge in [0.1, 0.15) is 0 Å². The monoisotopic (exact) mass is 260 g/mol. The minimum absolute atomic E-state index is 0.236. The molecule has 1 aromatic rings. The van der Waals surface area contributed by atoms with Crippen LogP contribution in [-0.4, -0.2) is 23.9 Å². The molecule has 5 heteroatoms. The van der Waals surface area contributed by atoms with E-state index < -0.39 is 17.3 Å². The van der Waals surface area contributed by atoms with Crippen molar-refractivity contribution in [3.05, 3.63) is 35.4 Å². The van der Waals surface area contributed by atoms with Crippen molar-refractivity contribution in [3.8, 4) is 0 Å². The molecule has 1 aromatic carbocycles. The Kier molecular flexibility index (Phi) is 3.64. The van der Waals surface area contributed by atoms with Crippen molar-refractivity contribution < 1.29 is 23.0 Å². The Hall–Kier alpha value is -1.07. The first kappa shape index (κ1) is 13.4. The van der Waals surface area contributed by atoms with Crippen LogP contribution in [0.2, 0.25) is 0 Å². The van der Waals surface area contributed by atoms with E-state index >= 15 is 0 Å². The average molecular weight is 260 g/mol. The van der Waals surface area contributed by atoms with Crippen LogP contribution in [0.3, 0.4) is 0 Å². The van der Waals surface area contributed by atoms with E-state index in [9.17, 15) is 18.3 Å². The highest BCUT2D eigenvalue weighted by Gasteiger charge is 2.33. The zero-order valence-corrected chi connectivity index (χ0v) is 9.83. The van der Waals surface area contributed by atoms with E-state index in [0.717, 1.165) is 12.1 Å². The summed E-state index contributed by atoms with van der Waals surface area (Å²) in [4.78, 5) is 0. The molecular weight excluding hydrogens is 245 g/mol. The van der Waals surface area contributed by atoms with E-state index in [1.54, 1.807) is 6.07 Å². The van der Waals surface area contributed by atoms with Gasteiger partial charge in [-0.25, -0.2) is 0 Å². The number of aliphatic hydroxyl groups is 1. The summed E-state index contributed by atoms with van der Waals surface area (Å²) in [6, 6.07) is 5.13. The van der Waals surface area contributed by atoms with E-state index in [4.69, 9.17) is 4.74 Å². The summed E-state index contributed by atoms with van der Waals surface area (Å²) >= 11 is 0. The summed E-state index contributed by atoms with van der Waals surface area (Å²) in [5.74, 6) is 0. The Morgan fingerprint density at radius 3 is 2.50 bits per heavy atom. The van der Waals surface area contributed by atoms with Crippen LogP contribution in [0, 0.1) is 0 Å². The lowest BCUT2D eigenvalue weighted by Crippen LogP contribution is -2.38. The minimum atomic E-state index is -4.34. The van der Waals surface area contributed by atoms with E-state index in [-0.39, 0.29) is 6.42 Å². The van der Waals surface area contributed by atoms with Gasteiger partial charge in [-0.1, -0.05) is 18.2 Å². The second-order valence-corrected chi connectivity index (χ2v) is 4.71. The van der Waals surface area contributed by atoms with E-state index in [1.807, 2.05) is 0 Å². The van der Waals surface area contributed by atoms with Crippen molar-refractivity contribution in [1.82, 2.24) is 0 Å². The summed E-state index contributed by atoms with van der Waals surface area (Å²) in [5, 5.41) is 10.3. The second kappa shape index (κ2) is 4.90. The number of hydrogen-bond acceptors (Lipinski definition) is 2. The molecule has 0 amide bonds. The van der Waals surface area contributed by atoms with Crippen LogP contribution in [0.5, 0.6) is 0 Å². The summed E-state index contributed by atoms with van der Waals surface area (Å²) < 4.78 is 42.8. The van der Waals surface area contributed by atoms with Gasteiger partial charge >= 0.3 is 6.18 Å².